The van der Waals surface area contributed by atoms with Gasteiger partial charge in [0.15, 0.2) is 0 Å². The molecule has 0 saturated carbocycles. The first-order valence-electron chi connectivity index (χ1n) is 7.61. The lowest BCUT2D eigenvalue weighted by molar-refractivity contribution is -0.384. The van der Waals surface area contributed by atoms with Crippen LogP contribution >= 0.6 is 22.9 Å². The Kier molecular flexibility index (Phi) is 4.24. The third kappa shape index (κ3) is 3.10. The number of benzene rings is 2. The van der Waals surface area contributed by atoms with Gasteiger partial charge >= 0.3 is 0 Å². The van der Waals surface area contributed by atoms with Gasteiger partial charge in [-0.2, -0.15) is 0 Å². The fourth-order valence-corrected chi connectivity index (χ4v) is 3.68. The van der Waals surface area contributed by atoms with Crippen LogP contribution in [-0.2, 0) is 0 Å². The number of halogens is 1. The molecule has 4 aromatic rings. The molecule has 0 unspecified atom stereocenters. The molecule has 4 rings (SSSR count). The third-order valence-corrected chi connectivity index (χ3v) is 4.98. The Morgan fingerprint density at radius 3 is 2.69 bits per heavy atom. The molecular weight excluding hydrogens is 372 g/mol. The molecule has 0 amide bonds. The van der Waals surface area contributed by atoms with E-state index < -0.39 is 4.92 Å². The van der Waals surface area contributed by atoms with E-state index in [0.29, 0.717) is 10.8 Å². The molecule has 2 heterocycles. The van der Waals surface area contributed by atoms with Crippen LogP contribution in [0.3, 0.4) is 0 Å². The van der Waals surface area contributed by atoms with Crippen LogP contribution in [-0.4, -0.2) is 14.9 Å². The van der Waals surface area contributed by atoms with Crippen molar-refractivity contribution >= 4 is 50.3 Å². The van der Waals surface area contributed by atoms with E-state index >= 15 is 0 Å². The summed E-state index contributed by atoms with van der Waals surface area (Å²) < 4.78 is 0. The van der Waals surface area contributed by atoms with Crippen molar-refractivity contribution in [2.24, 2.45) is 0 Å². The van der Waals surface area contributed by atoms with Gasteiger partial charge in [-0.15, -0.1) is 11.3 Å². The molecule has 2 aromatic carbocycles. The molecule has 2 aromatic heterocycles. The lowest BCUT2D eigenvalue weighted by Gasteiger charge is -2.08. The Balaban J connectivity index is 1.83. The van der Waals surface area contributed by atoms with Crippen molar-refractivity contribution in [2.75, 3.05) is 5.32 Å². The Morgan fingerprint density at radius 1 is 1.12 bits per heavy atom. The van der Waals surface area contributed by atoms with Gasteiger partial charge < -0.3 is 5.32 Å². The van der Waals surface area contributed by atoms with Crippen molar-refractivity contribution in [1.82, 2.24) is 9.97 Å². The number of nitrogens with zero attached hydrogens (tertiary/aromatic N) is 3. The van der Waals surface area contributed by atoms with Gasteiger partial charge in [-0.3, -0.25) is 10.1 Å². The normalized spacial score (nSPS) is 10.8. The van der Waals surface area contributed by atoms with Crippen molar-refractivity contribution in [3.63, 3.8) is 0 Å². The summed E-state index contributed by atoms with van der Waals surface area (Å²) in [5, 5.41) is 17.8. The summed E-state index contributed by atoms with van der Waals surface area (Å²) >= 11 is 7.40. The lowest BCUT2D eigenvalue weighted by atomic mass is 10.1. The van der Waals surface area contributed by atoms with Gasteiger partial charge in [-0.05, 0) is 29.8 Å². The highest BCUT2D eigenvalue weighted by Crippen LogP contribution is 2.38. The number of anilines is 2. The molecule has 0 fully saturated rings. The number of nitrogens with one attached hydrogen (secondary N) is 1. The minimum absolute atomic E-state index is 0.0471. The summed E-state index contributed by atoms with van der Waals surface area (Å²) in [5.74, 6) is 0.639. The van der Waals surface area contributed by atoms with Crippen LogP contribution in [0.4, 0.5) is 17.2 Å². The standard InChI is InChI=1S/C18H11ClN4O2S/c19-12-4-6-13(7-5-12)22-17-16-15(9-26-18(16)21-10-20-17)11-2-1-3-14(8-11)23(24)25/h1-10H,(H,20,21,22). The fraction of sp³-hybridized carbons (Fsp3) is 0. The van der Waals surface area contributed by atoms with Gasteiger partial charge in [-0.1, -0.05) is 23.7 Å². The van der Waals surface area contributed by atoms with Crippen LogP contribution in [0.15, 0.2) is 60.2 Å². The Hall–Kier alpha value is -3.03. The minimum Gasteiger partial charge on any atom is -0.340 e. The van der Waals surface area contributed by atoms with Gasteiger partial charge in [0, 0.05) is 33.8 Å². The predicted octanol–water partition coefficient (Wildman–Crippen LogP) is 5.66. The first kappa shape index (κ1) is 16.4. The molecule has 128 valence electrons. The second kappa shape index (κ2) is 6.70. The highest BCUT2D eigenvalue weighted by molar-refractivity contribution is 7.17. The van der Waals surface area contributed by atoms with Gasteiger partial charge in [0.1, 0.15) is 17.0 Å². The first-order chi connectivity index (χ1) is 12.6. The molecule has 0 radical (unpaired) electrons. The molecule has 0 aliphatic carbocycles. The number of fused-ring (bicyclic) bond motifs is 1. The molecule has 0 aliphatic heterocycles. The van der Waals surface area contributed by atoms with E-state index in [0.717, 1.165) is 27.0 Å². The van der Waals surface area contributed by atoms with Crippen molar-refractivity contribution in [2.45, 2.75) is 0 Å². The average molecular weight is 383 g/mol. The second-order valence-corrected chi connectivity index (χ2v) is 6.79. The summed E-state index contributed by atoms with van der Waals surface area (Å²) in [6, 6.07) is 13.8. The zero-order valence-corrected chi connectivity index (χ0v) is 14.8. The topological polar surface area (TPSA) is 81.0 Å². The molecule has 26 heavy (non-hydrogen) atoms. The van der Waals surface area contributed by atoms with E-state index in [1.165, 1.54) is 23.7 Å². The number of non-ortho nitro benzene ring substituents is 1. The van der Waals surface area contributed by atoms with Crippen LogP contribution in [0, 0.1) is 10.1 Å². The highest BCUT2D eigenvalue weighted by Gasteiger charge is 2.15. The minimum atomic E-state index is -0.401. The molecule has 8 heteroatoms. The highest BCUT2D eigenvalue weighted by atomic mass is 35.5. The maximum Gasteiger partial charge on any atom is 0.270 e. The maximum atomic E-state index is 11.1. The predicted molar refractivity (Wildman–Crippen MR) is 104 cm³/mol. The van der Waals surface area contributed by atoms with E-state index in [9.17, 15) is 10.1 Å². The van der Waals surface area contributed by atoms with Crippen molar-refractivity contribution in [3.05, 3.63) is 75.4 Å². The first-order valence-corrected chi connectivity index (χ1v) is 8.87. The summed E-state index contributed by atoms with van der Waals surface area (Å²) in [5.41, 5.74) is 2.49. The van der Waals surface area contributed by atoms with Crippen LogP contribution in [0.2, 0.25) is 5.02 Å². The van der Waals surface area contributed by atoms with E-state index in [4.69, 9.17) is 11.6 Å². The smallest absolute Gasteiger partial charge is 0.270 e. The molecule has 0 aliphatic rings. The second-order valence-electron chi connectivity index (χ2n) is 5.49. The Bertz CT molecular complexity index is 1110. The summed E-state index contributed by atoms with van der Waals surface area (Å²) in [6.45, 7) is 0. The molecule has 1 N–H and O–H groups in total. The molecule has 0 saturated heterocycles. The van der Waals surface area contributed by atoms with Gasteiger partial charge in [-0.25, -0.2) is 9.97 Å². The van der Waals surface area contributed by atoms with Gasteiger partial charge in [0.2, 0.25) is 0 Å². The zero-order chi connectivity index (χ0) is 18.1. The van der Waals surface area contributed by atoms with Crippen LogP contribution < -0.4 is 5.32 Å². The monoisotopic (exact) mass is 382 g/mol. The largest absolute Gasteiger partial charge is 0.340 e. The van der Waals surface area contributed by atoms with E-state index in [-0.39, 0.29) is 5.69 Å². The molecule has 0 spiro atoms. The summed E-state index contributed by atoms with van der Waals surface area (Å²) in [7, 11) is 0. The fourth-order valence-electron chi connectivity index (χ4n) is 2.64. The molecular formula is C18H11ClN4O2S. The Labute approximate surface area is 157 Å². The number of nitro groups is 1. The molecule has 6 nitrogen and oxygen atoms in total. The summed E-state index contributed by atoms with van der Waals surface area (Å²) in [6.07, 6.45) is 1.49. The quantitative estimate of drug-likeness (QED) is 0.363. The molecule has 0 bridgehead atoms. The number of thiophene rings is 1. The lowest BCUT2D eigenvalue weighted by Crippen LogP contribution is -1.95. The van der Waals surface area contributed by atoms with E-state index in [1.807, 2.05) is 23.6 Å². The molecule has 0 atom stereocenters. The maximum absolute atomic E-state index is 11.1. The van der Waals surface area contributed by atoms with Crippen LogP contribution in [0.25, 0.3) is 21.3 Å². The average Bonchev–Trinajstić information content (AvgIpc) is 3.09. The van der Waals surface area contributed by atoms with Gasteiger partial charge in [0.25, 0.3) is 5.69 Å². The Morgan fingerprint density at radius 2 is 1.92 bits per heavy atom. The zero-order valence-electron chi connectivity index (χ0n) is 13.2. The third-order valence-electron chi connectivity index (χ3n) is 3.85. The number of nitro benzene ring substituents is 1. The summed E-state index contributed by atoms with van der Waals surface area (Å²) in [4.78, 5) is 20.2. The van der Waals surface area contributed by atoms with Crippen LogP contribution in [0.5, 0.6) is 0 Å². The number of aromatic nitrogens is 2. The number of hydrogen-bond acceptors (Lipinski definition) is 6. The van der Waals surface area contributed by atoms with E-state index in [1.54, 1.807) is 24.3 Å². The SMILES string of the molecule is O=[N+]([O-])c1cccc(-c2csc3ncnc(Nc4ccc(Cl)cc4)c23)c1. The number of rotatable bonds is 4. The van der Waals surface area contributed by atoms with E-state index in [2.05, 4.69) is 15.3 Å². The van der Waals surface area contributed by atoms with Gasteiger partial charge in [0.05, 0.1) is 10.3 Å². The number of hydrogen-bond donors (Lipinski definition) is 1. The van der Waals surface area contributed by atoms with Crippen LogP contribution in [0.1, 0.15) is 0 Å². The van der Waals surface area contributed by atoms with Crippen molar-refractivity contribution in [1.29, 1.82) is 0 Å². The van der Waals surface area contributed by atoms with Crippen molar-refractivity contribution < 1.29 is 4.92 Å². The van der Waals surface area contributed by atoms with Crippen molar-refractivity contribution in [3.8, 4) is 11.1 Å².